The molecule has 27 heavy (non-hydrogen) atoms. The summed E-state index contributed by atoms with van der Waals surface area (Å²) in [6.45, 7) is 20.7. The monoisotopic (exact) mass is 350 g/mol. The van der Waals surface area contributed by atoms with Crippen molar-refractivity contribution in [2.75, 3.05) is 0 Å². The Bertz CT molecular complexity index is 998. The van der Waals surface area contributed by atoms with E-state index in [-0.39, 0.29) is 0 Å². The maximum Gasteiger partial charge on any atom is 0.0725 e. The lowest BCUT2D eigenvalue weighted by Crippen LogP contribution is -2.28. The smallest absolute Gasteiger partial charge is 0.0725 e. The molecular formula is C27H26. The van der Waals surface area contributed by atoms with E-state index >= 15 is 0 Å². The fourth-order valence-corrected chi connectivity index (χ4v) is 4.65. The first kappa shape index (κ1) is 18.7. The van der Waals surface area contributed by atoms with Crippen molar-refractivity contribution in [3.63, 3.8) is 0 Å². The van der Waals surface area contributed by atoms with E-state index in [1.165, 1.54) is 22.3 Å². The highest BCUT2D eigenvalue weighted by molar-refractivity contribution is 5.94. The third kappa shape index (κ3) is 2.30. The first-order chi connectivity index (χ1) is 13.2. The van der Waals surface area contributed by atoms with Crippen molar-refractivity contribution >= 4 is 5.57 Å². The minimum Gasteiger partial charge on any atom is -0.0987 e. The zero-order chi connectivity index (χ0) is 19.6. The predicted octanol–water partition coefficient (Wildman–Crippen LogP) is 7.19. The van der Waals surface area contributed by atoms with Gasteiger partial charge < -0.3 is 0 Å². The number of allylic oxidation sites excluding steroid dienone is 14. The standard InChI is InChI=1S/C27H26/c1-7-15-21-20(10-4)25(16-8-2)27(24(21)12-6)23(11-5)19(9-3)22-17-13-14-18-26(22)27/h7-18H,3-6H2,1-2H3/b15-7-,16-8-. The molecule has 2 aliphatic rings. The van der Waals surface area contributed by atoms with E-state index in [2.05, 4.69) is 81.8 Å². The van der Waals surface area contributed by atoms with Crippen LogP contribution in [-0.4, -0.2) is 0 Å². The summed E-state index contributed by atoms with van der Waals surface area (Å²) in [6, 6.07) is 8.55. The summed E-state index contributed by atoms with van der Waals surface area (Å²) in [5, 5.41) is 0. The van der Waals surface area contributed by atoms with Gasteiger partial charge in [0.2, 0.25) is 0 Å². The molecule has 0 N–H and O–H groups in total. The van der Waals surface area contributed by atoms with E-state index in [0.717, 1.165) is 22.3 Å². The Hall–Kier alpha value is -3.12. The molecule has 2 aliphatic carbocycles. The van der Waals surface area contributed by atoms with E-state index in [1.54, 1.807) is 0 Å². The summed E-state index contributed by atoms with van der Waals surface area (Å²) in [4.78, 5) is 0. The maximum atomic E-state index is 4.19. The second-order valence-electron chi connectivity index (χ2n) is 6.59. The van der Waals surface area contributed by atoms with Crippen LogP contribution in [0.2, 0.25) is 0 Å². The van der Waals surface area contributed by atoms with Gasteiger partial charge in [0.25, 0.3) is 0 Å². The molecule has 134 valence electrons. The van der Waals surface area contributed by atoms with Gasteiger partial charge in [-0.2, -0.15) is 0 Å². The van der Waals surface area contributed by atoms with Crippen LogP contribution >= 0.6 is 0 Å². The second kappa shape index (κ2) is 7.25. The molecule has 0 saturated carbocycles. The Kier molecular flexibility index (Phi) is 5.01. The molecule has 0 fully saturated rings. The lowest BCUT2D eigenvalue weighted by atomic mass is 9.67. The molecule has 1 aromatic rings. The number of fused-ring (bicyclic) bond motifs is 2. The van der Waals surface area contributed by atoms with Crippen LogP contribution in [0.4, 0.5) is 0 Å². The maximum absolute atomic E-state index is 4.19. The van der Waals surface area contributed by atoms with E-state index in [1.807, 2.05) is 31.2 Å². The van der Waals surface area contributed by atoms with E-state index in [4.69, 9.17) is 0 Å². The van der Waals surface area contributed by atoms with Gasteiger partial charge in [0.1, 0.15) is 0 Å². The summed E-state index contributed by atoms with van der Waals surface area (Å²) in [6.07, 6.45) is 16.4. The predicted molar refractivity (Wildman–Crippen MR) is 120 cm³/mol. The molecule has 0 radical (unpaired) electrons. The Balaban J connectivity index is 2.62. The summed E-state index contributed by atoms with van der Waals surface area (Å²) in [5.41, 5.74) is 8.98. The molecule has 0 aromatic heterocycles. The molecule has 0 bridgehead atoms. The van der Waals surface area contributed by atoms with E-state index in [0.29, 0.717) is 0 Å². The van der Waals surface area contributed by atoms with Gasteiger partial charge in [0.15, 0.2) is 0 Å². The van der Waals surface area contributed by atoms with Crippen molar-refractivity contribution in [1.82, 2.24) is 0 Å². The summed E-state index contributed by atoms with van der Waals surface area (Å²) < 4.78 is 0. The molecule has 0 heteroatoms. The van der Waals surface area contributed by atoms with Gasteiger partial charge >= 0.3 is 0 Å². The zero-order valence-corrected chi connectivity index (χ0v) is 16.3. The van der Waals surface area contributed by atoms with Crippen LogP contribution in [0.25, 0.3) is 5.57 Å². The van der Waals surface area contributed by atoms with E-state index in [9.17, 15) is 0 Å². The molecule has 0 amide bonds. The van der Waals surface area contributed by atoms with E-state index < -0.39 is 5.41 Å². The molecular weight excluding hydrogens is 324 g/mol. The zero-order valence-electron chi connectivity index (χ0n) is 16.3. The molecule has 0 nitrogen and oxygen atoms in total. The molecule has 0 aliphatic heterocycles. The van der Waals surface area contributed by atoms with Gasteiger partial charge in [-0.25, -0.2) is 0 Å². The normalized spacial score (nSPS) is 21.7. The van der Waals surface area contributed by atoms with Crippen molar-refractivity contribution in [3.8, 4) is 0 Å². The van der Waals surface area contributed by atoms with Crippen LogP contribution in [0.3, 0.4) is 0 Å². The number of rotatable bonds is 6. The highest BCUT2D eigenvalue weighted by Gasteiger charge is 2.51. The van der Waals surface area contributed by atoms with Gasteiger partial charge in [-0.15, -0.1) is 0 Å². The molecule has 1 unspecified atom stereocenters. The first-order valence-corrected chi connectivity index (χ1v) is 9.26. The molecule has 0 saturated heterocycles. The third-order valence-electron chi connectivity index (χ3n) is 5.48. The van der Waals surface area contributed by atoms with Crippen LogP contribution in [-0.2, 0) is 5.41 Å². The lowest BCUT2D eigenvalue weighted by Gasteiger charge is -2.33. The van der Waals surface area contributed by atoms with Gasteiger partial charge in [-0.3, -0.25) is 0 Å². The number of hydrogen-bond donors (Lipinski definition) is 0. The van der Waals surface area contributed by atoms with Gasteiger partial charge in [0.05, 0.1) is 5.41 Å². The quantitative estimate of drug-likeness (QED) is 0.509. The Morgan fingerprint density at radius 1 is 0.667 bits per heavy atom. The van der Waals surface area contributed by atoms with Crippen LogP contribution in [0, 0.1) is 0 Å². The molecule has 1 spiro atoms. The Morgan fingerprint density at radius 2 is 1.26 bits per heavy atom. The van der Waals surface area contributed by atoms with Crippen LogP contribution in [0.1, 0.15) is 25.0 Å². The van der Waals surface area contributed by atoms with Crippen molar-refractivity contribution in [2.45, 2.75) is 19.3 Å². The fourth-order valence-electron chi connectivity index (χ4n) is 4.65. The van der Waals surface area contributed by atoms with Crippen molar-refractivity contribution in [1.29, 1.82) is 0 Å². The fraction of sp³-hybridized carbons (Fsp3) is 0.111. The molecule has 3 rings (SSSR count). The summed E-state index contributed by atoms with van der Waals surface area (Å²) >= 11 is 0. The summed E-state index contributed by atoms with van der Waals surface area (Å²) in [5.74, 6) is 0. The average Bonchev–Trinajstić information content (AvgIpc) is 3.12. The minimum absolute atomic E-state index is 0.436. The Morgan fingerprint density at radius 3 is 1.81 bits per heavy atom. The highest BCUT2D eigenvalue weighted by atomic mass is 14.5. The molecule has 0 heterocycles. The lowest BCUT2D eigenvalue weighted by molar-refractivity contribution is 0.772. The van der Waals surface area contributed by atoms with Crippen LogP contribution in [0.15, 0.2) is 127 Å². The largest absolute Gasteiger partial charge is 0.0987 e. The number of hydrogen-bond acceptors (Lipinski definition) is 0. The summed E-state index contributed by atoms with van der Waals surface area (Å²) in [7, 11) is 0. The average molecular weight is 351 g/mol. The van der Waals surface area contributed by atoms with Gasteiger partial charge in [0, 0.05) is 0 Å². The minimum atomic E-state index is -0.436. The van der Waals surface area contributed by atoms with Crippen LogP contribution < -0.4 is 0 Å². The Labute approximate surface area is 163 Å². The SMILES string of the molecule is C=CC1=C(/C=C\C)C2(C(C=C)=C1/C=C\C)C(C=C)=C(C=C)c1ccccc12. The first-order valence-electron chi connectivity index (χ1n) is 9.26. The number of benzene rings is 1. The van der Waals surface area contributed by atoms with Gasteiger partial charge in [-0.05, 0) is 58.4 Å². The van der Waals surface area contributed by atoms with Crippen molar-refractivity contribution in [2.24, 2.45) is 0 Å². The second-order valence-corrected chi connectivity index (χ2v) is 6.59. The molecule has 1 atom stereocenters. The van der Waals surface area contributed by atoms with Gasteiger partial charge in [-0.1, -0.05) is 99.2 Å². The van der Waals surface area contributed by atoms with Crippen molar-refractivity contribution in [3.05, 3.63) is 138 Å². The third-order valence-corrected chi connectivity index (χ3v) is 5.48. The highest BCUT2D eigenvalue weighted by Crippen LogP contribution is 2.61. The topological polar surface area (TPSA) is 0 Å². The molecule has 1 aromatic carbocycles. The van der Waals surface area contributed by atoms with Crippen LogP contribution in [0.5, 0.6) is 0 Å². The van der Waals surface area contributed by atoms with Crippen molar-refractivity contribution < 1.29 is 0 Å².